The molecule has 124 valence electrons. The Balaban J connectivity index is 1.68. The average molecular weight is 323 g/mol. The molecule has 2 aromatic heterocycles. The fourth-order valence-electron chi connectivity index (χ4n) is 3.22. The molecule has 1 saturated heterocycles. The third-order valence-corrected chi connectivity index (χ3v) is 4.47. The van der Waals surface area contributed by atoms with Gasteiger partial charge in [-0.1, -0.05) is 17.7 Å². The smallest absolute Gasteiger partial charge is 0.168 e. The molecule has 0 amide bonds. The number of aromatic nitrogens is 4. The number of nitrogens with one attached hydrogen (secondary N) is 1. The molecule has 6 heteroatoms. The molecule has 3 aromatic rings. The summed E-state index contributed by atoms with van der Waals surface area (Å²) in [5, 5.41) is 8.85. The van der Waals surface area contributed by atoms with Gasteiger partial charge in [-0.05, 0) is 38.3 Å². The fraction of sp³-hybridized carbons (Fsp3) is 0.389. The first kappa shape index (κ1) is 15.1. The maximum atomic E-state index is 5.66. The number of fused-ring (bicyclic) bond motifs is 1. The van der Waals surface area contributed by atoms with Gasteiger partial charge in [-0.25, -0.2) is 14.6 Å². The van der Waals surface area contributed by atoms with Crippen LogP contribution in [-0.4, -0.2) is 39.0 Å². The molecule has 1 N–H and O–H groups in total. The van der Waals surface area contributed by atoms with E-state index in [4.69, 9.17) is 4.74 Å². The van der Waals surface area contributed by atoms with Crippen LogP contribution < -0.4 is 5.32 Å². The average Bonchev–Trinajstić information content (AvgIpc) is 3.22. The predicted octanol–water partition coefficient (Wildman–Crippen LogP) is 3.02. The summed E-state index contributed by atoms with van der Waals surface area (Å²) in [6.07, 6.45) is 5.91. The largest absolute Gasteiger partial charge is 0.376 e. The number of nitrogens with zero attached hydrogens (tertiary/aromatic N) is 4. The van der Waals surface area contributed by atoms with E-state index in [1.54, 1.807) is 6.33 Å². The number of anilines is 1. The van der Waals surface area contributed by atoms with Crippen LogP contribution in [0, 0.1) is 13.8 Å². The second kappa shape index (κ2) is 6.20. The van der Waals surface area contributed by atoms with Gasteiger partial charge in [0.1, 0.15) is 12.1 Å². The third-order valence-electron chi connectivity index (χ3n) is 4.47. The Labute approximate surface area is 140 Å². The molecule has 3 heterocycles. The first-order valence-corrected chi connectivity index (χ1v) is 8.34. The van der Waals surface area contributed by atoms with Crippen LogP contribution in [0.2, 0.25) is 0 Å². The molecule has 24 heavy (non-hydrogen) atoms. The zero-order valence-corrected chi connectivity index (χ0v) is 14.0. The van der Waals surface area contributed by atoms with Gasteiger partial charge in [0.2, 0.25) is 0 Å². The minimum absolute atomic E-state index is 0.268. The van der Waals surface area contributed by atoms with E-state index in [2.05, 4.69) is 52.4 Å². The van der Waals surface area contributed by atoms with Crippen LogP contribution in [0.15, 0.2) is 30.7 Å². The molecule has 0 aliphatic carbocycles. The molecular formula is C18H21N5O. The molecule has 4 rings (SSSR count). The van der Waals surface area contributed by atoms with Gasteiger partial charge in [-0.2, -0.15) is 5.10 Å². The van der Waals surface area contributed by atoms with Gasteiger partial charge in [0.25, 0.3) is 0 Å². The number of benzene rings is 1. The van der Waals surface area contributed by atoms with Gasteiger partial charge in [-0.3, -0.25) is 0 Å². The maximum Gasteiger partial charge on any atom is 0.168 e. The second-order valence-corrected chi connectivity index (χ2v) is 6.32. The van der Waals surface area contributed by atoms with Crippen LogP contribution in [0.4, 0.5) is 5.82 Å². The van der Waals surface area contributed by atoms with Gasteiger partial charge in [-0.15, -0.1) is 0 Å². The van der Waals surface area contributed by atoms with Gasteiger partial charge in [0.05, 0.1) is 23.4 Å². The maximum absolute atomic E-state index is 5.66. The highest BCUT2D eigenvalue weighted by atomic mass is 16.5. The Morgan fingerprint density at radius 3 is 3.00 bits per heavy atom. The fourth-order valence-corrected chi connectivity index (χ4v) is 3.22. The molecule has 1 fully saturated rings. The van der Waals surface area contributed by atoms with E-state index in [9.17, 15) is 0 Å². The molecule has 0 radical (unpaired) electrons. The molecule has 0 bridgehead atoms. The Morgan fingerprint density at radius 2 is 2.21 bits per heavy atom. The molecular weight excluding hydrogens is 302 g/mol. The standard InChI is InChI=1S/C18H21N5O/c1-12-5-6-16(13(2)8-12)23-18-15(10-22-23)17(20-11-21-18)19-9-14-4-3-7-24-14/h5-6,8,10-11,14H,3-4,7,9H2,1-2H3,(H,19,20,21)/t14-/m0/s1. The lowest BCUT2D eigenvalue weighted by molar-refractivity contribution is 0.120. The Bertz CT molecular complexity index is 867. The lowest BCUT2D eigenvalue weighted by Gasteiger charge is -2.12. The zero-order valence-electron chi connectivity index (χ0n) is 14.0. The lowest BCUT2D eigenvalue weighted by Crippen LogP contribution is -2.19. The summed E-state index contributed by atoms with van der Waals surface area (Å²) in [7, 11) is 0. The number of hydrogen-bond donors (Lipinski definition) is 1. The summed E-state index contributed by atoms with van der Waals surface area (Å²) in [6, 6.07) is 6.33. The van der Waals surface area contributed by atoms with E-state index >= 15 is 0 Å². The molecule has 1 aliphatic rings. The van der Waals surface area contributed by atoms with E-state index in [0.29, 0.717) is 0 Å². The highest BCUT2D eigenvalue weighted by Gasteiger charge is 2.17. The van der Waals surface area contributed by atoms with Gasteiger partial charge < -0.3 is 10.1 Å². The molecule has 1 aromatic carbocycles. The lowest BCUT2D eigenvalue weighted by atomic mass is 10.1. The van der Waals surface area contributed by atoms with Crippen molar-refractivity contribution in [3.05, 3.63) is 41.9 Å². The molecule has 0 saturated carbocycles. The Morgan fingerprint density at radius 1 is 1.29 bits per heavy atom. The number of ether oxygens (including phenoxy) is 1. The van der Waals surface area contributed by atoms with Gasteiger partial charge in [0.15, 0.2) is 5.65 Å². The number of aryl methyl sites for hydroxylation is 2. The van der Waals surface area contributed by atoms with E-state index in [-0.39, 0.29) is 6.10 Å². The summed E-state index contributed by atoms with van der Waals surface area (Å²) in [4.78, 5) is 8.82. The summed E-state index contributed by atoms with van der Waals surface area (Å²) < 4.78 is 7.54. The van der Waals surface area contributed by atoms with E-state index < -0.39 is 0 Å². The predicted molar refractivity (Wildman–Crippen MR) is 93.6 cm³/mol. The summed E-state index contributed by atoms with van der Waals surface area (Å²) in [5.41, 5.74) is 4.26. The topological polar surface area (TPSA) is 64.9 Å². The van der Waals surface area contributed by atoms with Crippen molar-refractivity contribution in [1.29, 1.82) is 0 Å². The molecule has 6 nitrogen and oxygen atoms in total. The van der Waals surface area contributed by atoms with Gasteiger partial charge in [0, 0.05) is 13.2 Å². The molecule has 1 atom stereocenters. The van der Waals surface area contributed by atoms with Crippen molar-refractivity contribution in [2.24, 2.45) is 0 Å². The highest BCUT2D eigenvalue weighted by Crippen LogP contribution is 2.24. The van der Waals surface area contributed by atoms with Crippen molar-refractivity contribution in [3.8, 4) is 5.69 Å². The van der Waals surface area contributed by atoms with Crippen LogP contribution in [0.3, 0.4) is 0 Å². The van der Waals surface area contributed by atoms with Crippen molar-refractivity contribution >= 4 is 16.9 Å². The normalized spacial score (nSPS) is 17.5. The summed E-state index contributed by atoms with van der Waals surface area (Å²) >= 11 is 0. The Hall–Kier alpha value is -2.47. The van der Waals surface area contributed by atoms with Crippen molar-refractivity contribution in [2.75, 3.05) is 18.5 Å². The first-order chi connectivity index (χ1) is 11.7. The van der Waals surface area contributed by atoms with Crippen molar-refractivity contribution in [3.63, 3.8) is 0 Å². The van der Waals surface area contributed by atoms with Crippen LogP contribution in [0.25, 0.3) is 16.7 Å². The summed E-state index contributed by atoms with van der Waals surface area (Å²) in [5.74, 6) is 0.812. The Kier molecular flexibility index (Phi) is 3.90. The minimum atomic E-state index is 0.268. The zero-order chi connectivity index (χ0) is 16.5. The van der Waals surface area contributed by atoms with Crippen LogP contribution in [-0.2, 0) is 4.74 Å². The molecule has 0 unspecified atom stereocenters. The monoisotopic (exact) mass is 323 g/mol. The summed E-state index contributed by atoms with van der Waals surface area (Å²) in [6.45, 7) is 5.80. The SMILES string of the molecule is Cc1ccc(-n2ncc3c(NC[C@@H]4CCCO4)ncnc32)c(C)c1. The van der Waals surface area contributed by atoms with E-state index in [0.717, 1.165) is 48.5 Å². The highest BCUT2D eigenvalue weighted by molar-refractivity contribution is 5.87. The van der Waals surface area contributed by atoms with Crippen molar-refractivity contribution < 1.29 is 4.74 Å². The quantitative estimate of drug-likeness (QED) is 0.799. The van der Waals surface area contributed by atoms with Gasteiger partial charge >= 0.3 is 0 Å². The van der Waals surface area contributed by atoms with Crippen molar-refractivity contribution in [2.45, 2.75) is 32.8 Å². The van der Waals surface area contributed by atoms with E-state index in [1.165, 1.54) is 11.1 Å². The second-order valence-electron chi connectivity index (χ2n) is 6.32. The minimum Gasteiger partial charge on any atom is -0.376 e. The number of rotatable bonds is 4. The van der Waals surface area contributed by atoms with Crippen LogP contribution in [0.5, 0.6) is 0 Å². The molecule has 0 spiro atoms. The van der Waals surface area contributed by atoms with Crippen molar-refractivity contribution in [1.82, 2.24) is 19.7 Å². The van der Waals surface area contributed by atoms with E-state index in [1.807, 2.05) is 10.9 Å². The number of hydrogen-bond acceptors (Lipinski definition) is 5. The van der Waals surface area contributed by atoms with Crippen LogP contribution >= 0.6 is 0 Å². The first-order valence-electron chi connectivity index (χ1n) is 8.34. The van der Waals surface area contributed by atoms with Crippen LogP contribution in [0.1, 0.15) is 24.0 Å². The third kappa shape index (κ3) is 2.73. The molecule has 1 aliphatic heterocycles.